The van der Waals surface area contributed by atoms with Gasteiger partial charge in [-0.1, -0.05) is 12.1 Å². The molecule has 1 fully saturated rings. The van der Waals surface area contributed by atoms with Crippen molar-refractivity contribution in [1.29, 1.82) is 0 Å². The van der Waals surface area contributed by atoms with E-state index < -0.39 is 12.1 Å². The van der Waals surface area contributed by atoms with Gasteiger partial charge in [0.25, 0.3) is 0 Å². The molecule has 0 aliphatic carbocycles. The summed E-state index contributed by atoms with van der Waals surface area (Å²) >= 11 is 0. The minimum atomic E-state index is -0.483. The highest BCUT2D eigenvalue weighted by molar-refractivity contribution is 5.91. The Morgan fingerprint density at radius 1 is 1.46 bits per heavy atom. The van der Waals surface area contributed by atoms with Gasteiger partial charge in [0.05, 0.1) is 12.6 Å². The largest absolute Gasteiger partial charge is 0.394 e. The number of aliphatic hydroxyl groups is 1. The van der Waals surface area contributed by atoms with Gasteiger partial charge in [-0.05, 0) is 17.7 Å². The van der Waals surface area contributed by atoms with E-state index >= 15 is 0 Å². The first-order valence-electron chi connectivity index (χ1n) is 7.71. The van der Waals surface area contributed by atoms with Gasteiger partial charge in [0.1, 0.15) is 19.3 Å². The molecule has 1 aromatic carbocycles. The number of nitrogens with one attached hydrogen (secondary N) is 1. The van der Waals surface area contributed by atoms with Gasteiger partial charge in [-0.3, -0.25) is 9.59 Å². The number of hydrogen-bond acceptors (Lipinski definition) is 6. The van der Waals surface area contributed by atoms with E-state index in [2.05, 4.69) is 5.32 Å². The fourth-order valence-electron chi connectivity index (χ4n) is 2.73. The molecule has 0 aromatic heterocycles. The normalized spacial score (nSPS) is 21.0. The van der Waals surface area contributed by atoms with Crippen molar-refractivity contribution in [2.75, 3.05) is 45.3 Å². The van der Waals surface area contributed by atoms with Crippen molar-refractivity contribution in [2.24, 2.45) is 5.73 Å². The molecule has 1 saturated heterocycles. The quantitative estimate of drug-likeness (QED) is 0.617. The molecular formula is C16H23N3O5. The van der Waals surface area contributed by atoms with E-state index in [-0.39, 0.29) is 31.6 Å². The molecule has 2 amide bonds. The van der Waals surface area contributed by atoms with E-state index in [9.17, 15) is 14.7 Å². The number of rotatable bonds is 7. The van der Waals surface area contributed by atoms with Gasteiger partial charge in [-0.2, -0.15) is 0 Å². The van der Waals surface area contributed by atoms with Crippen molar-refractivity contribution in [3.05, 3.63) is 29.8 Å². The number of nitrogens with zero attached hydrogens (tertiary/aromatic N) is 1. The summed E-state index contributed by atoms with van der Waals surface area (Å²) in [6, 6.07) is 6.59. The van der Waals surface area contributed by atoms with E-state index in [1.165, 1.54) is 7.11 Å². The molecule has 4 N–H and O–H groups in total. The predicted molar refractivity (Wildman–Crippen MR) is 87.3 cm³/mol. The van der Waals surface area contributed by atoms with Gasteiger partial charge in [-0.25, -0.2) is 0 Å². The second kappa shape index (κ2) is 8.74. The number of aliphatic hydroxyl groups excluding tert-OH is 1. The Bertz CT molecular complexity index is 563. The van der Waals surface area contributed by atoms with E-state index in [4.69, 9.17) is 15.2 Å². The van der Waals surface area contributed by atoms with Crippen molar-refractivity contribution < 1.29 is 24.2 Å². The van der Waals surface area contributed by atoms with Crippen LogP contribution in [0.5, 0.6) is 0 Å². The Labute approximate surface area is 140 Å². The van der Waals surface area contributed by atoms with Gasteiger partial charge in [0.15, 0.2) is 0 Å². The minimum absolute atomic E-state index is 0.0176. The summed E-state index contributed by atoms with van der Waals surface area (Å²) in [7, 11) is 1.45. The molecule has 0 saturated carbocycles. The summed E-state index contributed by atoms with van der Waals surface area (Å²) in [6.45, 7) is 0.404. The third-order valence-electron chi connectivity index (χ3n) is 3.81. The van der Waals surface area contributed by atoms with Crippen molar-refractivity contribution in [1.82, 2.24) is 4.90 Å². The molecule has 2 atom stereocenters. The highest BCUT2D eigenvalue weighted by atomic mass is 16.5. The van der Waals surface area contributed by atoms with Gasteiger partial charge < -0.3 is 30.5 Å². The number of benzene rings is 1. The van der Waals surface area contributed by atoms with Crippen molar-refractivity contribution >= 4 is 17.5 Å². The van der Waals surface area contributed by atoms with Gasteiger partial charge in [0.2, 0.25) is 11.8 Å². The zero-order chi connectivity index (χ0) is 17.5. The molecule has 0 spiro atoms. The van der Waals surface area contributed by atoms with Crippen LogP contribution in [0, 0.1) is 0 Å². The Morgan fingerprint density at radius 2 is 2.17 bits per heavy atom. The van der Waals surface area contributed by atoms with Crippen LogP contribution in [0.4, 0.5) is 5.69 Å². The SMILES string of the molecule is COCC(=O)Nc1ccc([C@H]2OCC(=O)N(CCN)[C@@H]2CO)cc1. The third-order valence-corrected chi connectivity index (χ3v) is 3.81. The van der Waals surface area contributed by atoms with E-state index in [1.807, 2.05) is 0 Å². The van der Waals surface area contributed by atoms with Crippen LogP contribution in [-0.4, -0.2) is 67.9 Å². The first kappa shape index (κ1) is 18.3. The summed E-state index contributed by atoms with van der Waals surface area (Å²) in [5.74, 6) is -0.425. The molecule has 0 unspecified atom stereocenters. The van der Waals surface area contributed by atoms with E-state index in [1.54, 1.807) is 29.2 Å². The Morgan fingerprint density at radius 3 is 2.75 bits per heavy atom. The number of hydrogen-bond donors (Lipinski definition) is 3. The monoisotopic (exact) mass is 337 g/mol. The van der Waals surface area contributed by atoms with Crippen LogP contribution in [0.25, 0.3) is 0 Å². The highest BCUT2D eigenvalue weighted by Gasteiger charge is 2.36. The second-order valence-corrected chi connectivity index (χ2v) is 5.46. The second-order valence-electron chi connectivity index (χ2n) is 5.46. The number of methoxy groups -OCH3 is 1. The number of nitrogens with two attached hydrogens (primary N) is 1. The molecule has 1 heterocycles. The summed E-state index contributed by atoms with van der Waals surface area (Å²) in [5, 5.41) is 12.4. The number of morpholine rings is 1. The van der Waals surface area contributed by atoms with Crippen molar-refractivity contribution in [3.63, 3.8) is 0 Å². The van der Waals surface area contributed by atoms with E-state index in [0.29, 0.717) is 18.8 Å². The molecule has 1 aromatic rings. The van der Waals surface area contributed by atoms with Crippen LogP contribution in [-0.2, 0) is 19.1 Å². The van der Waals surface area contributed by atoms with Crippen LogP contribution >= 0.6 is 0 Å². The molecule has 8 nitrogen and oxygen atoms in total. The molecular weight excluding hydrogens is 314 g/mol. The zero-order valence-electron chi connectivity index (χ0n) is 13.6. The molecule has 132 valence electrons. The average molecular weight is 337 g/mol. The Hall–Kier alpha value is -2.00. The fourth-order valence-corrected chi connectivity index (χ4v) is 2.73. The third kappa shape index (κ3) is 4.30. The summed E-state index contributed by atoms with van der Waals surface area (Å²) < 4.78 is 10.4. The smallest absolute Gasteiger partial charge is 0.250 e. The average Bonchev–Trinajstić information content (AvgIpc) is 2.57. The molecule has 0 bridgehead atoms. The topological polar surface area (TPSA) is 114 Å². The van der Waals surface area contributed by atoms with Crippen LogP contribution in [0.15, 0.2) is 24.3 Å². The fraction of sp³-hybridized carbons (Fsp3) is 0.500. The lowest BCUT2D eigenvalue weighted by Gasteiger charge is -2.40. The van der Waals surface area contributed by atoms with Crippen LogP contribution < -0.4 is 11.1 Å². The standard InChI is InChI=1S/C16H23N3O5/c1-23-9-14(21)18-12-4-2-11(3-5-12)16-13(8-20)19(7-6-17)15(22)10-24-16/h2-5,13,16,20H,6-10,17H2,1H3,(H,18,21)/t13-,16-/m1/s1. The number of anilines is 1. The number of carbonyl (C=O) groups excluding carboxylic acids is 2. The Balaban J connectivity index is 2.11. The van der Waals surface area contributed by atoms with Crippen molar-refractivity contribution in [2.45, 2.75) is 12.1 Å². The molecule has 1 aliphatic rings. The number of ether oxygens (including phenoxy) is 2. The molecule has 2 rings (SSSR count). The van der Waals surface area contributed by atoms with Crippen molar-refractivity contribution in [3.8, 4) is 0 Å². The minimum Gasteiger partial charge on any atom is -0.394 e. The predicted octanol–water partition coefficient (Wildman–Crippen LogP) is -0.509. The van der Waals surface area contributed by atoms with Gasteiger partial charge in [0, 0.05) is 25.9 Å². The molecule has 1 aliphatic heterocycles. The summed E-state index contributed by atoms with van der Waals surface area (Å²) in [5.41, 5.74) is 6.99. The lowest BCUT2D eigenvalue weighted by atomic mass is 9.99. The lowest BCUT2D eigenvalue weighted by molar-refractivity contribution is -0.160. The highest BCUT2D eigenvalue weighted by Crippen LogP contribution is 2.29. The maximum Gasteiger partial charge on any atom is 0.250 e. The van der Waals surface area contributed by atoms with Crippen LogP contribution in [0.3, 0.4) is 0 Å². The first-order chi connectivity index (χ1) is 11.6. The van der Waals surface area contributed by atoms with Gasteiger partial charge in [-0.15, -0.1) is 0 Å². The summed E-state index contributed by atoms with van der Waals surface area (Å²) in [4.78, 5) is 25.0. The van der Waals surface area contributed by atoms with Crippen LogP contribution in [0.1, 0.15) is 11.7 Å². The summed E-state index contributed by atoms with van der Waals surface area (Å²) in [6.07, 6.45) is -0.442. The Kier molecular flexibility index (Phi) is 6.68. The number of amides is 2. The lowest BCUT2D eigenvalue weighted by Crippen LogP contribution is -2.54. The van der Waals surface area contributed by atoms with Gasteiger partial charge >= 0.3 is 0 Å². The van der Waals surface area contributed by atoms with Crippen LogP contribution in [0.2, 0.25) is 0 Å². The zero-order valence-corrected chi connectivity index (χ0v) is 13.6. The van der Waals surface area contributed by atoms with E-state index in [0.717, 1.165) is 5.56 Å². The maximum absolute atomic E-state index is 11.9. The molecule has 8 heteroatoms. The molecule has 0 radical (unpaired) electrons. The maximum atomic E-state index is 11.9. The first-order valence-corrected chi connectivity index (χ1v) is 7.71. The molecule has 24 heavy (non-hydrogen) atoms. The number of carbonyl (C=O) groups is 2.